The Hall–Kier alpha value is -2.31. The van der Waals surface area contributed by atoms with Gasteiger partial charge in [0.1, 0.15) is 5.82 Å². The van der Waals surface area contributed by atoms with Gasteiger partial charge in [-0.1, -0.05) is 27.7 Å². The number of rotatable bonds is 6. The quantitative estimate of drug-likeness (QED) is 0.853. The normalized spacial score (nSPS) is 11.5. The highest BCUT2D eigenvalue weighted by Gasteiger charge is 2.18. The predicted molar refractivity (Wildman–Crippen MR) is 93.5 cm³/mol. The van der Waals surface area contributed by atoms with Gasteiger partial charge in [0, 0.05) is 31.4 Å². The van der Waals surface area contributed by atoms with Gasteiger partial charge in [-0.25, -0.2) is 9.78 Å². The smallest absolute Gasteiger partial charge is 0.317 e. The van der Waals surface area contributed by atoms with E-state index < -0.39 is 0 Å². The number of amides is 2. The molecule has 7 nitrogen and oxygen atoms in total. The fourth-order valence-corrected chi connectivity index (χ4v) is 2.40. The molecule has 2 aromatic rings. The first-order valence-corrected chi connectivity index (χ1v) is 8.35. The van der Waals surface area contributed by atoms with Crippen LogP contribution in [-0.4, -0.2) is 37.7 Å². The molecule has 0 aliphatic carbocycles. The van der Waals surface area contributed by atoms with Crippen molar-refractivity contribution in [1.29, 1.82) is 0 Å². The monoisotopic (exact) mass is 332 g/mol. The summed E-state index contributed by atoms with van der Waals surface area (Å²) in [5.41, 5.74) is 1.91. The standard InChI is InChI=1S/C17H28N6O/c1-6-8-23-9-7-18-15(23)11-19-16(24)22(5)12-13-10-14(21-20-13)17(2,3)4/h7,9-10H,6,8,11-12H2,1-5H3,(H,19,24)(H,20,21). The van der Waals surface area contributed by atoms with Gasteiger partial charge in [0.15, 0.2) is 0 Å². The Morgan fingerprint density at radius 1 is 1.42 bits per heavy atom. The van der Waals surface area contributed by atoms with Crippen LogP contribution in [0.3, 0.4) is 0 Å². The van der Waals surface area contributed by atoms with Crippen molar-refractivity contribution in [3.8, 4) is 0 Å². The number of hydrogen-bond acceptors (Lipinski definition) is 3. The Morgan fingerprint density at radius 2 is 2.17 bits per heavy atom. The summed E-state index contributed by atoms with van der Waals surface area (Å²) in [6.45, 7) is 10.3. The molecule has 2 aromatic heterocycles. The molecule has 2 amide bonds. The minimum atomic E-state index is -0.132. The summed E-state index contributed by atoms with van der Waals surface area (Å²) in [7, 11) is 1.77. The second-order valence-corrected chi connectivity index (χ2v) is 7.08. The summed E-state index contributed by atoms with van der Waals surface area (Å²) in [4.78, 5) is 18.2. The molecule has 7 heteroatoms. The third kappa shape index (κ3) is 4.59. The van der Waals surface area contributed by atoms with E-state index in [1.807, 2.05) is 12.3 Å². The van der Waals surface area contributed by atoms with E-state index in [2.05, 4.69) is 52.8 Å². The molecule has 0 radical (unpaired) electrons. The number of nitrogens with one attached hydrogen (secondary N) is 2. The van der Waals surface area contributed by atoms with E-state index >= 15 is 0 Å². The van der Waals surface area contributed by atoms with E-state index in [0.29, 0.717) is 13.1 Å². The highest BCUT2D eigenvalue weighted by atomic mass is 16.2. The van der Waals surface area contributed by atoms with E-state index in [0.717, 1.165) is 30.2 Å². The molecule has 0 atom stereocenters. The maximum Gasteiger partial charge on any atom is 0.317 e. The van der Waals surface area contributed by atoms with Crippen LogP contribution in [0.4, 0.5) is 4.79 Å². The lowest BCUT2D eigenvalue weighted by Crippen LogP contribution is -2.37. The topological polar surface area (TPSA) is 78.8 Å². The van der Waals surface area contributed by atoms with Gasteiger partial charge in [0.2, 0.25) is 0 Å². The molecule has 0 unspecified atom stereocenters. The van der Waals surface area contributed by atoms with Crippen molar-refractivity contribution >= 4 is 6.03 Å². The van der Waals surface area contributed by atoms with Crippen LogP contribution >= 0.6 is 0 Å². The van der Waals surface area contributed by atoms with Gasteiger partial charge >= 0.3 is 6.03 Å². The third-order valence-electron chi connectivity index (χ3n) is 3.82. The van der Waals surface area contributed by atoms with Crippen LogP contribution in [0.1, 0.15) is 51.3 Å². The number of aromatic nitrogens is 4. The van der Waals surface area contributed by atoms with E-state index in [-0.39, 0.29) is 11.4 Å². The summed E-state index contributed by atoms with van der Waals surface area (Å²) in [6.07, 6.45) is 4.74. The van der Waals surface area contributed by atoms with E-state index in [1.165, 1.54) is 0 Å². The SMILES string of the molecule is CCCn1ccnc1CNC(=O)N(C)Cc1cc(C(C)(C)C)n[nH]1. The van der Waals surface area contributed by atoms with Crippen LogP contribution in [0.25, 0.3) is 0 Å². The van der Waals surface area contributed by atoms with Gasteiger partial charge in [-0.05, 0) is 12.5 Å². The third-order valence-corrected chi connectivity index (χ3v) is 3.82. The number of hydrogen-bond donors (Lipinski definition) is 2. The molecular formula is C17H28N6O. The molecule has 0 saturated carbocycles. The Kier molecular flexibility index (Phi) is 5.64. The summed E-state index contributed by atoms with van der Waals surface area (Å²) in [5.74, 6) is 0.871. The highest BCUT2D eigenvalue weighted by Crippen LogP contribution is 2.20. The van der Waals surface area contributed by atoms with Gasteiger partial charge < -0.3 is 14.8 Å². The molecule has 2 N–H and O–H groups in total. The number of aryl methyl sites for hydroxylation is 1. The summed E-state index contributed by atoms with van der Waals surface area (Å²) in [6, 6.07) is 1.88. The lowest BCUT2D eigenvalue weighted by Gasteiger charge is -2.17. The van der Waals surface area contributed by atoms with Crippen LogP contribution < -0.4 is 5.32 Å². The maximum atomic E-state index is 12.3. The molecule has 0 saturated heterocycles. The van der Waals surface area contributed by atoms with Gasteiger partial charge in [-0.2, -0.15) is 5.10 Å². The molecular weight excluding hydrogens is 304 g/mol. The fraction of sp³-hybridized carbons (Fsp3) is 0.588. The lowest BCUT2D eigenvalue weighted by molar-refractivity contribution is 0.205. The first-order valence-electron chi connectivity index (χ1n) is 8.35. The number of urea groups is 1. The van der Waals surface area contributed by atoms with Gasteiger partial charge in [0.25, 0.3) is 0 Å². The van der Waals surface area contributed by atoms with Crippen molar-refractivity contribution in [2.75, 3.05) is 7.05 Å². The molecule has 0 aliphatic rings. The number of carbonyl (C=O) groups excluding carboxylic acids is 1. The van der Waals surface area contributed by atoms with Crippen molar-refractivity contribution in [2.45, 2.75) is 59.2 Å². The van der Waals surface area contributed by atoms with Crippen LogP contribution in [0.5, 0.6) is 0 Å². The molecule has 132 valence electrons. The van der Waals surface area contributed by atoms with E-state index in [4.69, 9.17) is 0 Å². The zero-order chi connectivity index (χ0) is 17.7. The molecule has 2 heterocycles. The summed E-state index contributed by atoms with van der Waals surface area (Å²) < 4.78 is 2.06. The maximum absolute atomic E-state index is 12.3. The molecule has 0 aliphatic heterocycles. The number of carbonyl (C=O) groups is 1. The largest absolute Gasteiger partial charge is 0.333 e. The van der Waals surface area contributed by atoms with Crippen LogP contribution in [0.2, 0.25) is 0 Å². The average Bonchev–Trinajstić information content (AvgIpc) is 3.14. The lowest BCUT2D eigenvalue weighted by atomic mass is 9.92. The predicted octanol–water partition coefficient (Wildman–Crippen LogP) is 2.66. The molecule has 0 spiro atoms. The molecule has 0 fully saturated rings. The Balaban J connectivity index is 1.88. The van der Waals surface area contributed by atoms with Gasteiger partial charge in [-0.3, -0.25) is 5.10 Å². The van der Waals surface area contributed by atoms with Crippen molar-refractivity contribution in [3.63, 3.8) is 0 Å². The summed E-state index contributed by atoms with van der Waals surface area (Å²) in [5, 5.41) is 10.2. The highest BCUT2D eigenvalue weighted by molar-refractivity contribution is 5.73. The number of aromatic amines is 1. The number of H-pyrrole nitrogens is 1. The first kappa shape index (κ1) is 18.0. The minimum Gasteiger partial charge on any atom is -0.333 e. The molecule has 24 heavy (non-hydrogen) atoms. The molecule has 2 rings (SSSR count). The molecule has 0 aromatic carbocycles. The van der Waals surface area contributed by atoms with Crippen molar-refractivity contribution < 1.29 is 4.79 Å². The van der Waals surface area contributed by atoms with Gasteiger partial charge in [0.05, 0.1) is 24.5 Å². The van der Waals surface area contributed by atoms with Crippen LogP contribution in [-0.2, 0) is 25.0 Å². The fourth-order valence-electron chi connectivity index (χ4n) is 2.40. The Bertz CT molecular complexity index is 667. The summed E-state index contributed by atoms with van der Waals surface area (Å²) >= 11 is 0. The zero-order valence-electron chi connectivity index (χ0n) is 15.3. The second-order valence-electron chi connectivity index (χ2n) is 7.08. The van der Waals surface area contributed by atoms with Crippen LogP contribution in [0, 0.1) is 0 Å². The first-order chi connectivity index (χ1) is 11.3. The number of imidazole rings is 1. The van der Waals surface area contributed by atoms with Crippen molar-refractivity contribution in [1.82, 2.24) is 30.0 Å². The van der Waals surface area contributed by atoms with Gasteiger partial charge in [-0.15, -0.1) is 0 Å². The second kappa shape index (κ2) is 7.51. The number of nitrogens with zero attached hydrogens (tertiary/aromatic N) is 4. The van der Waals surface area contributed by atoms with Crippen LogP contribution in [0.15, 0.2) is 18.5 Å². The van der Waals surface area contributed by atoms with E-state index in [9.17, 15) is 4.79 Å². The van der Waals surface area contributed by atoms with E-state index in [1.54, 1.807) is 18.1 Å². The minimum absolute atomic E-state index is 0.00800. The zero-order valence-corrected chi connectivity index (χ0v) is 15.3. The Labute approximate surface area is 143 Å². The molecule has 0 bridgehead atoms. The van der Waals surface area contributed by atoms with Crippen molar-refractivity contribution in [2.24, 2.45) is 0 Å². The Morgan fingerprint density at radius 3 is 2.79 bits per heavy atom. The average molecular weight is 332 g/mol. The van der Waals surface area contributed by atoms with Crippen molar-refractivity contribution in [3.05, 3.63) is 35.7 Å².